The van der Waals surface area contributed by atoms with Crippen LogP contribution in [0.5, 0.6) is 0 Å². The number of nitrogens with two attached hydrogens (primary N) is 1. The summed E-state index contributed by atoms with van der Waals surface area (Å²) in [6, 6.07) is 9.48. The number of rotatable bonds is 4. The van der Waals surface area contributed by atoms with Crippen molar-refractivity contribution in [2.45, 2.75) is 11.9 Å². The lowest BCUT2D eigenvalue weighted by molar-refractivity contribution is -0.113. The topological polar surface area (TPSA) is 116 Å². The zero-order chi connectivity index (χ0) is 17.7. The van der Waals surface area contributed by atoms with Gasteiger partial charge >= 0.3 is 0 Å². The number of hydrogen-bond donors (Lipinski definition) is 2. The fraction of sp³-hybridized carbons (Fsp3) is 0.125. The van der Waals surface area contributed by atoms with Crippen molar-refractivity contribution < 1.29 is 9.18 Å². The molecule has 0 atom stereocenters. The van der Waals surface area contributed by atoms with E-state index in [1.807, 2.05) is 12.1 Å². The second-order valence-corrected chi connectivity index (χ2v) is 5.76. The Morgan fingerprint density at radius 2 is 2.04 bits per heavy atom. The molecule has 0 saturated carbocycles. The summed E-state index contributed by atoms with van der Waals surface area (Å²) < 4.78 is 13.5. The van der Waals surface area contributed by atoms with E-state index in [1.165, 1.54) is 12.1 Å². The molecule has 0 unspecified atom stereocenters. The maximum Gasteiger partial charge on any atom is 0.234 e. The standard InChI is InChI=1S/C16H12FN5OS/c1-9-2-3-12(5-13(9)17)21-14(23)8-24-16-11(7-19)4-10(6-18)15(20)22-16/h2-5H,8H2,1H3,(H2,20,22)(H,21,23). The Morgan fingerprint density at radius 1 is 1.33 bits per heavy atom. The van der Waals surface area contributed by atoms with Gasteiger partial charge in [-0.2, -0.15) is 10.5 Å². The number of aromatic nitrogens is 1. The first-order valence-electron chi connectivity index (χ1n) is 6.74. The van der Waals surface area contributed by atoms with Gasteiger partial charge in [0.05, 0.1) is 16.9 Å². The average Bonchev–Trinajstić information content (AvgIpc) is 2.56. The van der Waals surface area contributed by atoms with E-state index in [-0.39, 0.29) is 33.6 Å². The van der Waals surface area contributed by atoms with Crippen LogP contribution in [0.1, 0.15) is 16.7 Å². The molecule has 3 N–H and O–H groups in total. The predicted molar refractivity (Wildman–Crippen MR) is 88.6 cm³/mol. The lowest BCUT2D eigenvalue weighted by Gasteiger charge is -2.07. The molecule has 120 valence electrons. The van der Waals surface area contributed by atoms with E-state index in [4.69, 9.17) is 16.3 Å². The summed E-state index contributed by atoms with van der Waals surface area (Å²) in [5.74, 6) is -0.826. The molecule has 0 bridgehead atoms. The van der Waals surface area contributed by atoms with Gasteiger partial charge in [0.2, 0.25) is 5.91 Å². The Labute approximate surface area is 142 Å². The molecule has 0 radical (unpaired) electrons. The maximum absolute atomic E-state index is 13.5. The van der Waals surface area contributed by atoms with Gasteiger partial charge in [-0.1, -0.05) is 17.8 Å². The van der Waals surface area contributed by atoms with Crippen LogP contribution in [0.4, 0.5) is 15.9 Å². The first-order valence-corrected chi connectivity index (χ1v) is 7.72. The highest BCUT2D eigenvalue weighted by Gasteiger charge is 2.12. The second-order valence-electron chi connectivity index (χ2n) is 4.80. The van der Waals surface area contributed by atoms with Gasteiger partial charge < -0.3 is 11.1 Å². The molecule has 1 aromatic carbocycles. The van der Waals surface area contributed by atoms with E-state index in [1.54, 1.807) is 19.1 Å². The van der Waals surface area contributed by atoms with Gasteiger partial charge in [-0.05, 0) is 30.7 Å². The van der Waals surface area contributed by atoms with Crippen LogP contribution in [0.3, 0.4) is 0 Å². The van der Waals surface area contributed by atoms with Gasteiger partial charge in [0.15, 0.2) is 0 Å². The van der Waals surface area contributed by atoms with Gasteiger partial charge in [-0.25, -0.2) is 9.37 Å². The Balaban J connectivity index is 2.06. The van der Waals surface area contributed by atoms with Crippen molar-refractivity contribution in [1.29, 1.82) is 10.5 Å². The summed E-state index contributed by atoms with van der Waals surface area (Å²) in [6.45, 7) is 1.63. The van der Waals surface area contributed by atoms with Crippen LogP contribution in [0.2, 0.25) is 0 Å². The molecule has 0 spiro atoms. The molecular weight excluding hydrogens is 329 g/mol. The number of nitrogen functional groups attached to an aromatic ring is 1. The third-order valence-electron chi connectivity index (χ3n) is 3.05. The molecule has 1 heterocycles. The van der Waals surface area contributed by atoms with Crippen molar-refractivity contribution in [3.8, 4) is 12.1 Å². The number of aryl methyl sites for hydroxylation is 1. The van der Waals surface area contributed by atoms with Gasteiger partial charge in [-0.3, -0.25) is 4.79 Å². The quantitative estimate of drug-likeness (QED) is 0.826. The van der Waals surface area contributed by atoms with Crippen LogP contribution in [0.25, 0.3) is 0 Å². The zero-order valence-electron chi connectivity index (χ0n) is 12.6. The summed E-state index contributed by atoms with van der Waals surface area (Å²) in [5.41, 5.74) is 6.72. The number of hydrogen-bond acceptors (Lipinski definition) is 6. The highest BCUT2D eigenvalue weighted by molar-refractivity contribution is 8.00. The van der Waals surface area contributed by atoms with Crippen LogP contribution >= 0.6 is 11.8 Å². The predicted octanol–water partition coefficient (Wildman–Crippen LogP) is 2.59. The van der Waals surface area contributed by atoms with Gasteiger partial charge in [-0.15, -0.1) is 0 Å². The lowest BCUT2D eigenvalue weighted by atomic mass is 10.2. The maximum atomic E-state index is 13.5. The molecule has 0 saturated heterocycles. The highest BCUT2D eigenvalue weighted by Crippen LogP contribution is 2.24. The minimum absolute atomic E-state index is 0.0000128. The molecule has 1 aromatic heterocycles. The van der Waals surface area contributed by atoms with Gasteiger partial charge in [0, 0.05) is 5.69 Å². The number of benzene rings is 1. The smallest absolute Gasteiger partial charge is 0.234 e. The number of thioether (sulfide) groups is 1. The van der Waals surface area contributed by atoms with Crippen LogP contribution < -0.4 is 11.1 Å². The number of halogens is 1. The van der Waals surface area contributed by atoms with Crippen molar-refractivity contribution in [3.63, 3.8) is 0 Å². The van der Waals surface area contributed by atoms with Crippen molar-refractivity contribution in [2.75, 3.05) is 16.8 Å². The van der Waals surface area contributed by atoms with E-state index < -0.39 is 5.82 Å². The molecular formula is C16H12FN5OS. The summed E-state index contributed by atoms with van der Waals surface area (Å²) >= 11 is 1.01. The summed E-state index contributed by atoms with van der Waals surface area (Å²) in [6.07, 6.45) is 0. The fourth-order valence-electron chi connectivity index (χ4n) is 1.79. The molecule has 0 aliphatic carbocycles. The van der Waals surface area contributed by atoms with Crippen LogP contribution in [0, 0.1) is 35.4 Å². The molecule has 8 heteroatoms. The zero-order valence-corrected chi connectivity index (χ0v) is 13.4. The largest absolute Gasteiger partial charge is 0.383 e. The number of carbonyl (C=O) groups is 1. The monoisotopic (exact) mass is 341 g/mol. The molecule has 0 fully saturated rings. The number of carbonyl (C=O) groups excluding carboxylic acids is 1. The first-order chi connectivity index (χ1) is 11.4. The number of nitrogens with zero attached hydrogens (tertiary/aromatic N) is 3. The van der Waals surface area contributed by atoms with Crippen molar-refractivity contribution in [1.82, 2.24) is 4.98 Å². The molecule has 2 rings (SSSR count). The average molecular weight is 341 g/mol. The summed E-state index contributed by atoms with van der Waals surface area (Å²) in [7, 11) is 0. The number of anilines is 2. The Bertz CT molecular complexity index is 885. The van der Waals surface area contributed by atoms with Gasteiger partial charge in [0.25, 0.3) is 0 Å². The van der Waals surface area contributed by atoms with Crippen LogP contribution in [0.15, 0.2) is 29.3 Å². The first kappa shape index (κ1) is 17.3. The summed E-state index contributed by atoms with van der Waals surface area (Å²) in [4.78, 5) is 15.9. The molecule has 6 nitrogen and oxygen atoms in total. The number of pyridine rings is 1. The molecule has 0 aliphatic heterocycles. The minimum atomic E-state index is -0.409. The van der Waals surface area contributed by atoms with Crippen molar-refractivity contribution in [2.24, 2.45) is 0 Å². The third kappa shape index (κ3) is 4.00. The Hall–Kier alpha value is -3.10. The second kappa shape index (κ2) is 7.44. The van der Waals surface area contributed by atoms with Crippen molar-refractivity contribution >= 4 is 29.2 Å². The van der Waals surface area contributed by atoms with Crippen LogP contribution in [-0.2, 0) is 4.79 Å². The molecule has 24 heavy (non-hydrogen) atoms. The van der Waals surface area contributed by atoms with E-state index >= 15 is 0 Å². The van der Waals surface area contributed by atoms with E-state index in [0.717, 1.165) is 11.8 Å². The number of nitrogens with one attached hydrogen (secondary N) is 1. The molecule has 1 amide bonds. The number of amides is 1. The molecule has 2 aromatic rings. The molecule has 0 aliphatic rings. The fourth-order valence-corrected chi connectivity index (χ4v) is 2.55. The summed E-state index contributed by atoms with van der Waals surface area (Å²) in [5, 5.41) is 20.8. The Morgan fingerprint density at radius 3 is 2.67 bits per heavy atom. The highest BCUT2D eigenvalue weighted by atomic mass is 32.2. The number of nitriles is 2. The minimum Gasteiger partial charge on any atom is -0.383 e. The van der Waals surface area contributed by atoms with Crippen molar-refractivity contribution in [3.05, 3.63) is 46.8 Å². The lowest BCUT2D eigenvalue weighted by Crippen LogP contribution is -2.14. The van der Waals surface area contributed by atoms with E-state index in [9.17, 15) is 9.18 Å². The van der Waals surface area contributed by atoms with Gasteiger partial charge in [0.1, 0.15) is 28.8 Å². The van der Waals surface area contributed by atoms with E-state index in [2.05, 4.69) is 10.3 Å². The van der Waals surface area contributed by atoms with Crippen LogP contribution in [-0.4, -0.2) is 16.6 Å². The normalized spacial score (nSPS) is 9.83. The third-order valence-corrected chi connectivity index (χ3v) is 4.04. The SMILES string of the molecule is Cc1ccc(NC(=O)CSc2nc(N)c(C#N)cc2C#N)cc1F. The van der Waals surface area contributed by atoms with E-state index in [0.29, 0.717) is 11.3 Å². The Kier molecular flexibility index (Phi) is 5.35.